The minimum absolute atomic E-state index is 0.173. The van der Waals surface area contributed by atoms with Crippen LogP contribution in [-0.4, -0.2) is 72.0 Å². The second kappa shape index (κ2) is 6.51. The number of carboxylic acids is 1. The molecule has 0 saturated carbocycles. The molecule has 1 heterocycles. The fraction of sp³-hybridized carbons (Fsp3) is 0.909. The summed E-state index contributed by atoms with van der Waals surface area (Å²) in [6.45, 7) is 1.69. The Kier molecular flexibility index (Phi) is 5.54. The van der Waals surface area contributed by atoms with E-state index < -0.39 is 30.9 Å². The number of nitrogens with zero attached hydrogens (tertiary/aromatic N) is 2. The quantitative estimate of drug-likeness (QED) is 0.749. The molecule has 1 rings (SSSR count). The minimum Gasteiger partial charge on any atom is -0.480 e. The van der Waals surface area contributed by atoms with Crippen molar-refractivity contribution in [1.29, 1.82) is 0 Å². The molecule has 112 valence electrons. The molecular formula is C11H18F4N2O2. The monoisotopic (exact) mass is 286 g/mol. The van der Waals surface area contributed by atoms with Gasteiger partial charge in [0.2, 0.25) is 0 Å². The van der Waals surface area contributed by atoms with Crippen LogP contribution in [0.2, 0.25) is 0 Å². The van der Waals surface area contributed by atoms with E-state index in [-0.39, 0.29) is 13.1 Å². The lowest BCUT2D eigenvalue weighted by atomic mass is 10.1. The summed E-state index contributed by atoms with van der Waals surface area (Å²) < 4.78 is 49.9. The number of piperazine rings is 1. The van der Waals surface area contributed by atoms with Crippen molar-refractivity contribution < 1.29 is 27.5 Å². The fourth-order valence-corrected chi connectivity index (χ4v) is 2.19. The number of hydrogen-bond donors (Lipinski definition) is 1. The maximum Gasteiger partial charge on any atom is 0.320 e. The first kappa shape index (κ1) is 16.2. The largest absolute Gasteiger partial charge is 0.480 e. The van der Waals surface area contributed by atoms with Crippen LogP contribution in [0.15, 0.2) is 0 Å². The summed E-state index contributed by atoms with van der Waals surface area (Å²) >= 11 is 0. The van der Waals surface area contributed by atoms with Gasteiger partial charge in [0.1, 0.15) is 6.04 Å². The third kappa shape index (κ3) is 4.31. The molecule has 19 heavy (non-hydrogen) atoms. The molecule has 1 aliphatic heterocycles. The number of halogens is 4. The average molecular weight is 286 g/mol. The van der Waals surface area contributed by atoms with Gasteiger partial charge in [-0.2, -0.15) is 8.78 Å². The van der Waals surface area contributed by atoms with Gasteiger partial charge in [0.15, 0.2) is 0 Å². The lowest BCUT2D eigenvalue weighted by Gasteiger charge is -2.38. The highest BCUT2D eigenvalue weighted by atomic mass is 19.3. The molecule has 0 aromatic carbocycles. The van der Waals surface area contributed by atoms with Gasteiger partial charge < -0.3 is 5.11 Å². The Bertz CT molecular complexity index is 307. The summed E-state index contributed by atoms with van der Waals surface area (Å²) in [6, 6.07) is -0.641. The molecule has 0 bridgehead atoms. The highest BCUT2D eigenvalue weighted by Gasteiger charge is 2.43. The van der Waals surface area contributed by atoms with Crippen LogP contribution in [0.3, 0.4) is 0 Å². The Balaban J connectivity index is 2.47. The lowest BCUT2D eigenvalue weighted by Crippen LogP contribution is -2.55. The van der Waals surface area contributed by atoms with Crippen LogP contribution in [0.25, 0.3) is 0 Å². The van der Waals surface area contributed by atoms with E-state index >= 15 is 0 Å². The normalized spacial score (nSPS) is 20.7. The first-order valence-electron chi connectivity index (χ1n) is 6.13. The lowest BCUT2D eigenvalue weighted by molar-refractivity contribution is -0.150. The first-order chi connectivity index (χ1) is 8.77. The summed E-state index contributed by atoms with van der Waals surface area (Å²) in [6.07, 6.45) is -3.25. The van der Waals surface area contributed by atoms with Crippen molar-refractivity contribution in [2.24, 2.45) is 0 Å². The van der Waals surface area contributed by atoms with Gasteiger partial charge in [0, 0.05) is 26.2 Å². The van der Waals surface area contributed by atoms with E-state index in [1.165, 1.54) is 4.90 Å². The third-order valence-electron chi connectivity index (χ3n) is 3.27. The summed E-state index contributed by atoms with van der Waals surface area (Å²) in [4.78, 5) is 13.9. The number of aliphatic carboxylic acids is 1. The van der Waals surface area contributed by atoms with Gasteiger partial charge in [-0.25, -0.2) is 8.78 Å². The molecule has 0 unspecified atom stereocenters. The summed E-state index contributed by atoms with van der Waals surface area (Å²) in [5.74, 6) is -4.96. The predicted octanol–water partition coefficient (Wildman–Crippen LogP) is 1.37. The van der Waals surface area contributed by atoms with Crippen LogP contribution >= 0.6 is 0 Å². The zero-order valence-electron chi connectivity index (χ0n) is 10.7. The Morgan fingerprint density at radius 1 is 1.26 bits per heavy atom. The standard InChI is InChI=1S/C11H18F4N2O2/c1-2-8(9(18)19)17-5-3-16(4-6-17)7-11(14,15)10(12)13/h8,10H,2-7H2,1H3,(H,18,19)/t8-/m1/s1. The zero-order chi connectivity index (χ0) is 14.6. The van der Waals surface area contributed by atoms with E-state index in [0.717, 1.165) is 0 Å². The molecule has 4 nitrogen and oxygen atoms in total. The van der Waals surface area contributed by atoms with E-state index in [9.17, 15) is 22.4 Å². The molecule has 0 aromatic rings. The van der Waals surface area contributed by atoms with Crippen molar-refractivity contribution in [3.8, 4) is 0 Å². The molecule has 8 heteroatoms. The molecule has 1 aliphatic rings. The maximum atomic E-state index is 12.9. The Morgan fingerprint density at radius 3 is 2.16 bits per heavy atom. The number of hydrogen-bond acceptors (Lipinski definition) is 3. The van der Waals surface area contributed by atoms with E-state index in [0.29, 0.717) is 19.5 Å². The Labute approximate surface area is 109 Å². The first-order valence-corrected chi connectivity index (χ1v) is 6.13. The van der Waals surface area contributed by atoms with Crippen LogP contribution < -0.4 is 0 Å². The van der Waals surface area contributed by atoms with E-state index in [1.807, 2.05) is 0 Å². The molecule has 1 fully saturated rings. The number of carbonyl (C=O) groups is 1. The zero-order valence-corrected chi connectivity index (χ0v) is 10.7. The van der Waals surface area contributed by atoms with Crippen molar-refractivity contribution in [3.05, 3.63) is 0 Å². The van der Waals surface area contributed by atoms with Gasteiger partial charge in [-0.15, -0.1) is 0 Å². The number of rotatable bonds is 6. The van der Waals surface area contributed by atoms with Gasteiger partial charge in [-0.05, 0) is 6.42 Å². The summed E-state index contributed by atoms with van der Waals surface area (Å²) in [5, 5.41) is 8.98. The molecule has 0 radical (unpaired) electrons. The van der Waals surface area contributed by atoms with Crippen LogP contribution in [0.5, 0.6) is 0 Å². The van der Waals surface area contributed by atoms with Crippen LogP contribution in [0.1, 0.15) is 13.3 Å². The Morgan fingerprint density at radius 2 is 1.79 bits per heavy atom. The second-order valence-corrected chi connectivity index (χ2v) is 4.64. The van der Waals surface area contributed by atoms with Gasteiger partial charge in [0.05, 0.1) is 6.54 Å². The van der Waals surface area contributed by atoms with E-state index in [2.05, 4.69) is 0 Å². The van der Waals surface area contributed by atoms with Gasteiger partial charge in [-0.3, -0.25) is 14.6 Å². The van der Waals surface area contributed by atoms with E-state index in [4.69, 9.17) is 5.11 Å². The third-order valence-corrected chi connectivity index (χ3v) is 3.27. The Hall–Kier alpha value is -0.890. The number of alkyl halides is 4. The predicted molar refractivity (Wildman–Crippen MR) is 60.7 cm³/mol. The SMILES string of the molecule is CC[C@H](C(=O)O)N1CCN(CC(F)(F)C(F)F)CC1. The van der Waals surface area contributed by atoms with Crippen molar-refractivity contribution in [3.63, 3.8) is 0 Å². The summed E-state index contributed by atoms with van der Waals surface area (Å²) in [5.41, 5.74) is 0. The van der Waals surface area contributed by atoms with Gasteiger partial charge >= 0.3 is 18.3 Å². The van der Waals surface area contributed by atoms with Crippen molar-refractivity contribution in [2.75, 3.05) is 32.7 Å². The van der Waals surface area contributed by atoms with Crippen LogP contribution in [0.4, 0.5) is 17.6 Å². The van der Waals surface area contributed by atoms with Crippen LogP contribution in [-0.2, 0) is 4.79 Å². The molecule has 0 spiro atoms. The second-order valence-electron chi connectivity index (χ2n) is 4.64. The fourth-order valence-electron chi connectivity index (χ4n) is 2.19. The molecule has 0 aromatic heterocycles. The highest BCUT2D eigenvalue weighted by molar-refractivity contribution is 5.73. The smallest absolute Gasteiger partial charge is 0.320 e. The maximum absolute atomic E-state index is 12.9. The molecule has 1 saturated heterocycles. The van der Waals surface area contributed by atoms with E-state index in [1.54, 1.807) is 11.8 Å². The highest BCUT2D eigenvalue weighted by Crippen LogP contribution is 2.24. The molecule has 1 N–H and O–H groups in total. The van der Waals surface area contributed by atoms with Crippen molar-refractivity contribution >= 4 is 5.97 Å². The molecule has 0 amide bonds. The molecule has 0 aliphatic carbocycles. The van der Waals surface area contributed by atoms with Crippen LogP contribution in [0, 0.1) is 0 Å². The van der Waals surface area contributed by atoms with Gasteiger partial charge in [-0.1, -0.05) is 6.92 Å². The average Bonchev–Trinajstić information content (AvgIpc) is 2.31. The van der Waals surface area contributed by atoms with Crippen molar-refractivity contribution in [2.45, 2.75) is 31.7 Å². The topological polar surface area (TPSA) is 43.8 Å². The molecule has 1 atom stereocenters. The minimum atomic E-state index is -4.01. The molecular weight excluding hydrogens is 268 g/mol. The number of carboxylic acid groups (broad SMARTS) is 1. The van der Waals surface area contributed by atoms with Crippen molar-refractivity contribution in [1.82, 2.24) is 9.80 Å². The van der Waals surface area contributed by atoms with Gasteiger partial charge in [0.25, 0.3) is 0 Å². The summed E-state index contributed by atoms with van der Waals surface area (Å²) in [7, 11) is 0.